The fourth-order valence-electron chi connectivity index (χ4n) is 6.66. The van der Waals surface area contributed by atoms with E-state index in [9.17, 15) is 19.5 Å². The molecule has 3 fully saturated rings. The van der Waals surface area contributed by atoms with Crippen LogP contribution in [-0.4, -0.2) is 64.7 Å². The molecule has 0 aromatic heterocycles. The molecule has 208 valence electrons. The van der Waals surface area contributed by atoms with Crippen molar-refractivity contribution in [1.82, 2.24) is 10.2 Å². The molecule has 3 aliphatic heterocycles. The minimum absolute atomic E-state index is 0.00314. The lowest BCUT2D eigenvalue weighted by atomic mass is 9.66. The van der Waals surface area contributed by atoms with Crippen LogP contribution in [0.4, 0.5) is 5.69 Å². The van der Waals surface area contributed by atoms with Crippen molar-refractivity contribution in [2.45, 2.75) is 63.3 Å². The fraction of sp³-hybridized carbons (Fsp3) is 0.500. The van der Waals surface area contributed by atoms with E-state index in [0.29, 0.717) is 56.8 Å². The molecule has 3 N–H and O–H groups in total. The average Bonchev–Trinajstić information content (AvgIpc) is 3.50. The van der Waals surface area contributed by atoms with Crippen LogP contribution < -0.4 is 15.4 Å². The number of nitrogens with zero attached hydrogens (tertiary/aromatic N) is 1. The van der Waals surface area contributed by atoms with E-state index in [1.807, 2.05) is 44.2 Å². The number of aliphatic hydroxyl groups excluding tert-OH is 1. The summed E-state index contributed by atoms with van der Waals surface area (Å²) in [4.78, 5) is 43.0. The number of unbranched alkanes of at least 4 members (excludes halogenated alkanes) is 1. The third kappa shape index (κ3) is 4.89. The lowest BCUT2D eigenvalue weighted by molar-refractivity contribution is -0.145. The Morgan fingerprint density at radius 1 is 1.08 bits per heavy atom. The molecular formula is C30H37N3O6. The van der Waals surface area contributed by atoms with Gasteiger partial charge in [0.25, 0.3) is 0 Å². The van der Waals surface area contributed by atoms with Gasteiger partial charge in [0.05, 0.1) is 24.0 Å². The van der Waals surface area contributed by atoms with Gasteiger partial charge in [-0.3, -0.25) is 14.4 Å². The van der Waals surface area contributed by atoms with Gasteiger partial charge in [-0.2, -0.15) is 0 Å². The SMILES string of the molecule is CCOc1ccc(NC(=O)[C@@H]2[C@H]3C(=O)N(CCCCO)C(C(=O)NCc4ccccc4)C34CC[C@@]2(C)O4)cc1. The zero-order chi connectivity index (χ0) is 27.6. The molecule has 3 saturated heterocycles. The molecule has 5 atom stereocenters. The smallest absolute Gasteiger partial charge is 0.246 e. The number of ether oxygens (including phenoxy) is 2. The highest BCUT2D eigenvalue weighted by molar-refractivity contribution is 6.02. The van der Waals surface area contributed by atoms with Crippen LogP contribution in [0.15, 0.2) is 54.6 Å². The molecule has 3 aliphatic rings. The van der Waals surface area contributed by atoms with Crippen molar-refractivity contribution in [3.8, 4) is 5.75 Å². The lowest BCUT2D eigenvalue weighted by Crippen LogP contribution is -2.55. The van der Waals surface area contributed by atoms with E-state index in [2.05, 4.69) is 10.6 Å². The first-order valence-electron chi connectivity index (χ1n) is 13.8. The summed E-state index contributed by atoms with van der Waals surface area (Å²) in [6, 6.07) is 15.9. The Morgan fingerprint density at radius 2 is 1.82 bits per heavy atom. The maximum atomic E-state index is 14.0. The Morgan fingerprint density at radius 3 is 2.51 bits per heavy atom. The van der Waals surface area contributed by atoms with E-state index in [-0.39, 0.29) is 24.3 Å². The van der Waals surface area contributed by atoms with Crippen molar-refractivity contribution in [3.63, 3.8) is 0 Å². The Bertz CT molecular complexity index is 1200. The van der Waals surface area contributed by atoms with Crippen LogP contribution in [0.25, 0.3) is 0 Å². The highest BCUT2D eigenvalue weighted by atomic mass is 16.5. The number of amides is 3. The summed E-state index contributed by atoms with van der Waals surface area (Å²) in [5, 5.41) is 15.3. The lowest BCUT2D eigenvalue weighted by Gasteiger charge is -2.33. The van der Waals surface area contributed by atoms with Crippen LogP contribution in [0, 0.1) is 11.8 Å². The Balaban J connectivity index is 1.41. The molecular weight excluding hydrogens is 498 g/mol. The number of rotatable bonds is 11. The number of likely N-dealkylation sites (tertiary alicyclic amines) is 1. The minimum Gasteiger partial charge on any atom is -0.494 e. The maximum absolute atomic E-state index is 14.0. The normalized spacial score (nSPS) is 28.8. The number of fused-ring (bicyclic) bond motifs is 1. The standard InChI is InChI=1S/C30H37N3O6/c1-3-38-22-13-11-21(12-14-22)32-26(35)23-24-28(37)33(17-7-8-18-34)25(30(24)16-15-29(23,2)39-30)27(36)31-19-20-9-5-4-6-10-20/h4-6,9-14,23-25,34H,3,7-8,15-19H2,1-2H3,(H,31,36)(H,32,35)/t23-,24-,25?,29+,30?/m0/s1. The summed E-state index contributed by atoms with van der Waals surface area (Å²) >= 11 is 0. The molecule has 9 nitrogen and oxygen atoms in total. The van der Waals surface area contributed by atoms with E-state index < -0.39 is 29.1 Å². The number of hydrogen-bond acceptors (Lipinski definition) is 6. The molecule has 2 aromatic carbocycles. The molecule has 0 saturated carbocycles. The molecule has 5 rings (SSSR count). The molecule has 1 spiro atoms. The highest BCUT2D eigenvalue weighted by Gasteiger charge is 2.77. The van der Waals surface area contributed by atoms with Gasteiger partial charge in [0.2, 0.25) is 17.7 Å². The summed E-state index contributed by atoms with van der Waals surface area (Å²) in [5.74, 6) is -1.60. The van der Waals surface area contributed by atoms with Crippen LogP contribution in [0.2, 0.25) is 0 Å². The van der Waals surface area contributed by atoms with Gasteiger partial charge in [-0.15, -0.1) is 0 Å². The van der Waals surface area contributed by atoms with Gasteiger partial charge in [-0.25, -0.2) is 0 Å². The fourth-order valence-corrected chi connectivity index (χ4v) is 6.66. The van der Waals surface area contributed by atoms with Gasteiger partial charge in [0, 0.05) is 25.4 Å². The zero-order valence-electron chi connectivity index (χ0n) is 22.5. The number of hydrogen-bond donors (Lipinski definition) is 3. The van der Waals surface area contributed by atoms with Crippen LogP contribution >= 0.6 is 0 Å². The van der Waals surface area contributed by atoms with Gasteiger partial charge in [-0.1, -0.05) is 30.3 Å². The first-order chi connectivity index (χ1) is 18.8. The minimum atomic E-state index is -1.08. The van der Waals surface area contributed by atoms with Gasteiger partial charge in [0.15, 0.2) is 0 Å². The summed E-state index contributed by atoms with van der Waals surface area (Å²) in [5.41, 5.74) is -0.379. The van der Waals surface area contributed by atoms with Crippen molar-refractivity contribution in [2.75, 3.05) is 25.1 Å². The summed E-state index contributed by atoms with van der Waals surface area (Å²) in [6.07, 6.45) is 2.16. The molecule has 3 heterocycles. The molecule has 0 aliphatic carbocycles. The van der Waals surface area contributed by atoms with Crippen LogP contribution in [0.1, 0.15) is 45.1 Å². The molecule has 2 unspecified atom stereocenters. The Labute approximate surface area is 228 Å². The first kappa shape index (κ1) is 27.1. The van der Waals surface area contributed by atoms with Gasteiger partial charge in [-0.05, 0) is 69.4 Å². The van der Waals surface area contributed by atoms with E-state index >= 15 is 0 Å². The number of nitrogens with one attached hydrogen (secondary N) is 2. The third-order valence-corrected chi connectivity index (χ3v) is 8.36. The number of anilines is 1. The second-order valence-electron chi connectivity index (χ2n) is 10.8. The quantitative estimate of drug-likeness (QED) is 0.381. The van der Waals surface area contributed by atoms with E-state index in [1.165, 1.54) is 0 Å². The predicted molar refractivity (Wildman–Crippen MR) is 145 cm³/mol. The molecule has 0 radical (unpaired) electrons. The molecule has 2 bridgehead atoms. The van der Waals surface area contributed by atoms with Crippen LogP contribution in [-0.2, 0) is 25.7 Å². The van der Waals surface area contributed by atoms with Gasteiger partial charge < -0.3 is 30.1 Å². The van der Waals surface area contributed by atoms with E-state index in [4.69, 9.17) is 9.47 Å². The summed E-state index contributed by atoms with van der Waals surface area (Å²) in [7, 11) is 0. The Kier molecular flexibility index (Phi) is 7.64. The van der Waals surface area contributed by atoms with Crippen molar-refractivity contribution >= 4 is 23.4 Å². The molecule has 3 amide bonds. The molecule has 39 heavy (non-hydrogen) atoms. The van der Waals surface area contributed by atoms with Gasteiger partial charge in [0.1, 0.15) is 17.4 Å². The third-order valence-electron chi connectivity index (χ3n) is 8.36. The number of carbonyl (C=O) groups excluding carboxylic acids is 3. The van der Waals surface area contributed by atoms with Crippen LogP contribution in [0.3, 0.4) is 0 Å². The number of carbonyl (C=O) groups is 3. The second-order valence-corrected chi connectivity index (χ2v) is 10.8. The maximum Gasteiger partial charge on any atom is 0.246 e. The number of benzene rings is 2. The molecule has 9 heteroatoms. The topological polar surface area (TPSA) is 117 Å². The van der Waals surface area contributed by atoms with Crippen molar-refractivity contribution in [2.24, 2.45) is 11.8 Å². The highest BCUT2D eigenvalue weighted by Crippen LogP contribution is 2.63. The monoisotopic (exact) mass is 535 g/mol. The second kappa shape index (κ2) is 11.0. The van der Waals surface area contributed by atoms with E-state index in [0.717, 1.165) is 5.56 Å². The van der Waals surface area contributed by atoms with Gasteiger partial charge >= 0.3 is 0 Å². The van der Waals surface area contributed by atoms with Crippen molar-refractivity contribution in [3.05, 3.63) is 60.2 Å². The van der Waals surface area contributed by atoms with Crippen molar-refractivity contribution < 1.29 is 29.0 Å². The summed E-state index contributed by atoms with van der Waals surface area (Å²) in [6.45, 7) is 4.98. The largest absolute Gasteiger partial charge is 0.494 e. The van der Waals surface area contributed by atoms with Crippen molar-refractivity contribution in [1.29, 1.82) is 0 Å². The number of aliphatic hydroxyl groups is 1. The first-order valence-corrected chi connectivity index (χ1v) is 13.8. The predicted octanol–water partition coefficient (Wildman–Crippen LogP) is 2.88. The Hall–Kier alpha value is -3.43. The average molecular weight is 536 g/mol. The summed E-state index contributed by atoms with van der Waals surface area (Å²) < 4.78 is 12.1. The van der Waals surface area contributed by atoms with Crippen LogP contribution in [0.5, 0.6) is 5.75 Å². The van der Waals surface area contributed by atoms with E-state index in [1.54, 1.807) is 29.2 Å². The molecule has 2 aromatic rings. The zero-order valence-corrected chi connectivity index (χ0v) is 22.5.